The molecule has 0 aliphatic carbocycles. The van der Waals surface area contributed by atoms with E-state index in [-0.39, 0.29) is 23.6 Å². The van der Waals surface area contributed by atoms with Crippen LogP contribution in [-0.4, -0.2) is 47.9 Å². The number of pyridine rings is 1. The summed E-state index contributed by atoms with van der Waals surface area (Å²) in [6.45, 7) is 4.16. The van der Waals surface area contributed by atoms with Crippen LogP contribution in [0.15, 0.2) is 48.7 Å². The number of ether oxygens (including phenoxy) is 3. The van der Waals surface area contributed by atoms with Crippen LogP contribution in [0.5, 0.6) is 11.5 Å². The molecule has 1 amide bonds. The number of aromatic nitrogens is 1. The summed E-state index contributed by atoms with van der Waals surface area (Å²) in [6, 6.07) is 11.5. The summed E-state index contributed by atoms with van der Waals surface area (Å²) in [5.74, 6) is -0.395. The van der Waals surface area contributed by atoms with Gasteiger partial charge in [-0.1, -0.05) is 11.6 Å². The number of amides is 1. The summed E-state index contributed by atoms with van der Waals surface area (Å²) in [6.07, 6.45) is 1.41. The first-order valence-corrected chi connectivity index (χ1v) is 11.6. The van der Waals surface area contributed by atoms with Gasteiger partial charge in [-0.15, -0.1) is 11.3 Å². The molecule has 3 rings (SSSR count). The third kappa shape index (κ3) is 7.44. The lowest BCUT2D eigenvalue weighted by molar-refractivity contribution is 0.0696. The molecule has 0 aliphatic rings. The number of aromatic carboxylic acids is 1. The Morgan fingerprint density at radius 3 is 2.32 bits per heavy atom. The molecule has 0 bridgehead atoms. The maximum Gasteiger partial charge on any atom is 0.337 e. The average molecular weight is 505 g/mol. The molecule has 0 aliphatic heterocycles. The van der Waals surface area contributed by atoms with Crippen LogP contribution in [-0.2, 0) is 11.2 Å². The number of hydrogen-bond acceptors (Lipinski definition) is 7. The number of methoxy groups -OCH3 is 1. The second-order valence-corrected chi connectivity index (χ2v) is 9.41. The molecule has 2 N–H and O–H groups in total. The minimum Gasteiger partial charge on any atom is -0.490 e. The molecule has 0 saturated carbocycles. The number of nitrogens with zero attached hydrogens (tertiary/aromatic N) is 1. The van der Waals surface area contributed by atoms with Gasteiger partial charge < -0.3 is 24.6 Å². The Bertz CT molecular complexity index is 1130. The number of carbonyl (C=O) groups is 2. The maximum absolute atomic E-state index is 12.9. The van der Waals surface area contributed by atoms with Crippen LogP contribution in [0.1, 0.15) is 39.4 Å². The maximum atomic E-state index is 12.9. The number of benzene rings is 1. The minimum absolute atomic E-state index is 0.0252. The number of carbonyl (C=O) groups excluding carboxylic acids is 1. The molecule has 10 heteroatoms. The normalized spacial score (nSPS) is 12.6. The predicted molar refractivity (Wildman–Crippen MR) is 131 cm³/mol. The van der Waals surface area contributed by atoms with E-state index in [2.05, 4.69) is 10.3 Å². The fourth-order valence-corrected chi connectivity index (χ4v) is 4.34. The van der Waals surface area contributed by atoms with Gasteiger partial charge in [0.2, 0.25) is 0 Å². The molecule has 0 fully saturated rings. The Labute approximate surface area is 206 Å². The van der Waals surface area contributed by atoms with E-state index in [4.69, 9.17) is 30.9 Å². The van der Waals surface area contributed by atoms with Crippen molar-refractivity contribution in [3.05, 3.63) is 69.0 Å². The molecule has 8 nitrogen and oxygen atoms in total. The highest BCUT2D eigenvalue weighted by Crippen LogP contribution is 2.28. The third-order valence-corrected chi connectivity index (χ3v) is 5.84. The Hall–Kier alpha value is -3.14. The van der Waals surface area contributed by atoms with E-state index >= 15 is 0 Å². The SMILES string of the molecule is COC[C@H](C)Oc1cc(O[C@@H](C)Cc2ccc(Cl)s2)cc(C(=O)Nc2ccc(C(=O)O)cn2)c1. The quantitative estimate of drug-likeness (QED) is 0.371. The molecule has 180 valence electrons. The van der Waals surface area contributed by atoms with Crippen LogP contribution in [0.2, 0.25) is 4.34 Å². The largest absolute Gasteiger partial charge is 0.490 e. The van der Waals surface area contributed by atoms with Crippen molar-refractivity contribution in [3.8, 4) is 11.5 Å². The number of thiophene rings is 1. The van der Waals surface area contributed by atoms with Crippen LogP contribution in [0, 0.1) is 0 Å². The van der Waals surface area contributed by atoms with Crippen molar-refractivity contribution in [1.82, 2.24) is 4.98 Å². The first-order valence-electron chi connectivity index (χ1n) is 10.5. The van der Waals surface area contributed by atoms with Gasteiger partial charge in [0.1, 0.15) is 29.5 Å². The van der Waals surface area contributed by atoms with Gasteiger partial charge in [0.15, 0.2) is 0 Å². The molecule has 0 saturated heterocycles. The van der Waals surface area contributed by atoms with Crippen molar-refractivity contribution < 1.29 is 28.9 Å². The standard InChI is InChI=1S/C24H25ClN2O6S/c1-14(8-20-5-6-21(25)34-20)32-18-9-17(10-19(11-18)33-15(2)13-31-3)23(28)27-22-7-4-16(12-26-22)24(29)30/h4-7,9-12,14-15H,8,13H2,1-3H3,(H,29,30)(H,26,27,28)/t14-,15-/m0/s1. The van der Waals surface area contributed by atoms with Crippen molar-refractivity contribution >= 4 is 40.6 Å². The van der Waals surface area contributed by atoms with Gasteiger partial charge in [-0.2, -0.15) is 0 Å². The van der Waals surface area contributed by atoms with E-state index in [9.17, 15) is 9.59 Å². The molecule has 0 radical (unpaired) electrons. The zero-order valence-corrected chi connectivity index (χ0v) is 20.5. The number of halogens is 1. The summed E-state index contributed by atoms with van der Waals surface area (Å²) in [4.78, 5) is 29.0. The molecule has 2 atom stereocenters. The zero-order chi connectivity index (χ0) is 24.7. The molecule has 3 aromatic rings. The molecular weight excluding hydrogens is 480 g/mol. The van der Waals surface area contributed by atoms with Crippen LogP contribution in [0.3, 0.4) is 0 Å². The second kappa shape index (κ2) is 11.8. The van der Waals surface area contributed by atoms with Crippen molar-refractivity contribution in [2.24, 2.45) is 0 Å². The summed E-state index contributed by atoms with van der Waals surface area (Å²) in [7, 11) is 1.58. The predicted octanol–water partition coefficient (Wildman–Crippen LogP) is 5.17. The molecular formula is C24H25ClN2O6S. The van der Waals surface area contributed by atoms with E-state index in [1.54, 1.807) is 25.3 Å². The van der Waals surface area contributed by atoms with E-state index in [0.29, 0.717) is 34.4 Å². The van der Waals surface area contributed by atoms with Gasteiger partial charge in [-0.3, -0.25) is 4.79 Å². The Morgan fingerprint density at radius 1 is 1.06 bits per heavy atom. The molecule has 2 aromatic heterocycles. The highest BCUT2D eigenvalue weighted by Gasteiger charge is 2.16. The summed E-state index contributed by atoms with van der Waals surface area (Å²) in [5.41, 5.74) is 0.324. The average Bonchev–Trinajstić information content (AvgIpc) is 3.18. The fraction of sp³-hybridized carbons (Fsp3) is 0.292. The van der Waals surface area contributed by atoms with Crippen molar-refractivity contribution in [3.63, 3.8) is 0 Å². The Kier molecular flexibility index (Phi) is 8.86. The van der Waals surface area contributed by atoms with Crippen LogP contribution >= 0.6 is 22.9 Å². The van der Waals surface area contributed by atoms with E-state index in [0.717, 1.165) is 4.88 Å². The van der Waals surface area contributed by atoms with Gasteiger partial charge >= 0.3 is 5.97 Å². The van der Waals surface area contributed by atoms with E-state index in [1.807, 2.05) is 26.0 Å². The van der Waals surface area contributed by atoms with Gasteiger partial charge in [0.05, 0.1) is 16.5 Å². The summed E-state index contributed by atoms with van der Waals surface area (Å²) >= 11 is 7.51. The van der Waals surface area contributed by atoms with Crippen LogP contribution in [0.4, 0.5) is 5.82 Å². The fourth-order valence-electron chi connectivity index (χ4n) is 3.14. The molecule has 2 heterocycles. The van der Waals surface area contributed by atoms with Crippen LogP contribution in [0.25, 0.3) is 0 Å². The minimum atomic E-state index is -1.10. The van der Waals surface area contributed by atoms with Crippen molar-refractivity contribution in [1.29, 1.82) is 0 Å². The number of carboxylic acids is 1. The summed E-state index contributed by atoms with van der Waals surface area (Å²) in [5, 5.41) is 11.7. The molecule has 0 unspecified atom stereocenters. The molecule has 0 spiro atoms. The lowest BCUT2D eigenvalue weighted by Crippen LogP contribution is -2.19. The van der Waals surface area contributed by atoms with E-state index in [1.165, 1.54) is 29.7 Å². The Balaban J connectivity index is 1.79. The second-order valence-electron chi connectivity index (χ2n) is 7.61. The van der Waals surface area contributed by atoms with Gasteiger partial charge in [0.25, 0.3) is 5.91 Å². The van der Waals surface area contributed by atoms with Crippen LogP contribution < -0.4 is 14.8 Å². The lowest BCUT2D eigenvalue weighted by Gasteiger charge is -2.18. The molecule has 1 aromatic carbocycles. The number of hydrogen-bond donors (Lipinski definition) is 2. The van der Waals surface area contributed by atoms with Gasteiger partial charge in [-0.05, 0) is 50.2 Å². The monoisotopic (exact) mass is 504 g/mol. The topological polar surface area (TPSA) is 107 Å². The highest BCUT2D eigenvalue weighted by molar-refractivity contribution is 7.16. The smallest absolute Gasteiger partial charge is 0.337 e. The van der Waals surface area contributed by atoms with Crippen molar-refractivity contribution in [2.75, 3.05) is 19.0 Å². The number of carboxylic acid groups (broad SMARTS) is 1. The lowest BCUT2D eigenvalue weighted by atomic mass is 10.1. The number of rotatable bonds is 11. The first-order chi connectivity index (χ1) is 16.2. The first kappa shape index (κ1) is 25.5. The van der Waals surface area contributed by atoms with Gasteiger partial charge in [0, 0.05) is 36.2 Å². The number of nitrogens with one attached hydrogen (secondary N) is 1. The zero-order valence-electron chi connectivity index (χ0n) is 18.9. The summed E-state index contributed by atoms with van der Waals surface area (Å²) < 4.78 is 17.8. The number of anilines is 1. The third-order valence-electron chi connectivity index (χ3n) is 4.59. The highest BCUT2D eigenvalue weighted by atomic mass is 35.5. The molecule has 34 heavy (non-hydrogen) atoms. The van der Waals surface area contributed by atoms with E-state index < -0.39 is 11.9 Å². The van der Waals surface area contributed by atoms with Gasteiger partial charge in [-0.25, -0.2) is 9.78 Å². The Morgan fingerprint density at radius 2 is 1.76 bits per heavy atom. The van der Waals surface area contributed by atoms with Crippen molar-refractivity contribution in [2.45, 2.75) is 32.5 Å².